The first-order valence-electron chi connectivity index (χ1n) is 22.5. The van der Waals surface area contributed by atoms with Gasteiger partial charge in [0.25, 0.3) is 0 Å². The van der Waals surface area contributed by atoms with Gasteiger partial charge in [-0.2, -0.15) is 5.26 Å². The summed E-state index contributed by atoms with van der Waals surface area (Å²) in [5, 5.41) is 9.86. The minimum absolute atomic E-state index is 0.663. The SMILES string of the molecule is N#Cc1ccccc1-c1ccc(-c2cc(-c3ccccn3)ccc2-c2ccccc2-c2cc(CCc3ccc(-c4ccccn4)cc3)cc(CCc3ccc(-c4ccccn4)cc3)c2)cc1. The van der Waals surface area contributed by atoms with Gasteiger partial charge in [-0.3, -0.25) is 15.0 Å². The predicted octanol–water partition coefficient (Wildman–Crippen LogP) is 15.0. The Morgan fingerprint density at radius 2 is 0.697 bits per heavy atom. The van der Waals surface area contributed by atoms with Gasteiger partial charge >= 0.3 is 0 Å². The second-order valence-electron chi connectivity index (χ2n) is 16.6. The molecule has 0 fully saturated rings. The monoisotopic (exact) mass is 846 g/mol. The minimum atomic E-state index is 0.663. The summed E-state index contributed by atoms with van der Waals surface area (Å²) in [4.78, 5) is 13.8. The summed E-state index contributed by atoms with van der Waals surface area (Å²) in [7, 11) is 0. The Bertz CT molecular complexity index is 3160. The molecule has 0 spiro atoms. The van der Waals surface area contributed by atoms with Gasteiger partial charge in [0, 0.05) is 35.3 Å². The fraction of sp³-hybridized carbons (Fsp3) is 0.0645. The topological polar surface area (TPSA) is 62.5 Å². The molecule has 0 bridgehead atoms. The third kappa shape index (κ3) is 9.38. The standard InChI is InChI=1S/C62H46N4/c63-43-53-11-1-2-12-55(53)48-30-32-49(33-31-48)59-42-52(62-17-7-10-38-66-62)34-35-58(59)57-14-4-3-13-56(57)54-40-46(20-18-44-22-26-50(27-23-44)60-15-5-8-36-64-60)39-47(41-54)21-19-45-24-28-51(29-25-45)61-16-6-9-37-65-61/h1-17,22-42H,18-21H2. The first kappa shape index (κ1) is 41.5. The van der Waals surface area contributed by atoms with Crippen molar-refractivity contribution in [1.29, 1.82) is 5.26 Å². The lowest BCUT2D eigenvalue weighted by atomic mass is 9.86. The van der Waals surface area contributed by atoms with Crippen LogP contribution in [0.2, 0.25) is 0 Å². The Balaban J connectivity index is 1.02. The maximum atomic E-state index is 9.86. The van der Waals surface area contributed by atoms with Gasteiger partial charge in [-0.05, 0) is 141 Å². The maximum Gasteiger partial charge on any atom is 0.0998 e. The predicted molar refractivity (Wildman–Crippen MR) is 270 cm³/mol. The summed E-state index contributed by atoms with van der Waals surface area (Å²) < 4.78 is 0. The van der Waals surface area contributed by atoms with E-state index in [9.17, 15) is 5.26 Å². The average Bonchev–Trinajstić information content (AvgIpc) is 3.40. The van der Waals surface area contributed by atoms with Crippen molar-refractivity contribution in [3.63, 3.8) is 0 Å². The van der Waals surface area contributed by atoms with E-state index in [1.165, 1.54) is 33.4 Å². The molecule has 0 atom stereocenters. The van der Waals surface area contributed by atoms with E-state index in [0.717, 1.165) is 92.8 Å². The van der Waals surface area contributed by atoms with Crippen LogP contribution in [0.4, 0.5) is 0 Å². The highest BCUT2D eigenvalue weighted by atomic mass is 14.7. The van der Waals surface area contributed by atoms with Crippen LogP contribution in [0.15, 0.2) is 231 Å². The van der Waals surface area contributed by atoms with Crippen molar-refractivity contribution in [2.45, 2.75) is 25.7 Å². The number of aryl methyl sites for hydroxylation is 4. The molecule has 4 heteroatoms. The first-order chi connectivity index (χ1) is 32.6. The molecule has 4 nitrogen and oxygen atoms in total. The van der Waals surface area contributed by atoms with Crippen LogP contribution < -0.4 is 0 Å². The highest BCUT2D eigenvalue weighted by Gasteiger charge is 2.17. The van der Waals surface area contributed by atoms with E-state index in [1.807, 2.05) is 79.3 Å². The van der Waals surface area contributed by atoms with Crippen molar-refractivity contribution >= 4 is 0 Å². The van der Waals surface area contributed by atoms with Crippen LogP contribution in [-0.2, 0) is 25.7 Å². The molecular formula is C62H46N4. The van der Waals surface area contributed by atoms with E-state index >= 15 is 0 Å². The molecule has 0 saturated carbocycles. The zero-order valence-electron chi connectivity index (χ0n) is 36.6. The third-order valence-corrected chi connectivity index (χ3v) is 12.3. The second-order valence-corrected chi connectivity index (χ2v) is 16.6. The smallest absolute Gasteiger partial charge is 0.0998 e. The fourth-order valence-corrected chi connectivity index (χ4v) is 8.88. The highest BCUT2D eigenvalue weighted by molar-refractivity contribution is 5.94. The second kappa shape index (κ2) is 19.5. The highest BCUT2D eigenvalue weighted by Crippen LogP contribution is 2.41. The molecule has 0 aliphatic carbocycles. The lowest BCUT2D eigenvalue weighted by Gasteiger charge is -2.18. The number of aromatic nitrogens is 3. The summed E-state index contributed by atoms with van der Waals surface area (Å²) in [6.45, 7) is 0. The lowest BCUT2D eigenvalue weighted by Crippen LogP contribution is -1.98. The molecule has 0 radical (unpaired) electrons. The minimum Gasteiger partial charge on any atom is -0.256 e. The van der Waals surface area contributed by atoms with Crippen LogP contribution in [0.5, 0.6) is 0 Å². The third-order valence-electron chi connectivity index (χ3n) is 12.3. The van der Waals surface area contributed by atoms with Crippen molar-refractivity contribution in [3.8, 4) is 84.3 Å². The molecule has 66 heavy (non-hydrogen) atoms. The van der Waals surface area contributed by atoms with Gasteiger partial charge in [-0.1, -0.05) is 164 Å². The maximum absolute atomic E-state index is 9.86. The van der Waals surface area contributed by atoms with Gasteiger partial charge in [-0.15, -0.1) is 0 Å². The van der Waals surface area contributed by atoms with Crippen LogP contribution >= 0.6 is 0 Å². The first-order valence-corrected chi connectivity index (χ1v) is 22.5. The summed E-state index contributed by atoms with van der Waals surface area (Å²) in [6.07, 6.45) is 9.21. The van der Waals surface area contributed by atoms with Crippen molar-refractivity contribution in [2.75, 3.05) is 0 Å². The quantitative estimate of drug-likeness (QED) is 0.116. The lowest BCUT2D eigenvalue weighted by molar-refractivity contribution is 0.931. The Morgan fingerprint density at radius 1 is 0.288 bits per heavy atom. The average molecular weight is 847 g/mol. The van der Waals surface area contributed by atoms with Crippen LogP contribution in [0.1, 0.15) is 27.8 Å². The van der Waals surface area contributed by atoms with E-state index in [1.54, 1.807) is 0 Å². The van der Waals surface area contributed by atoms with Crippen LogP contribution in [0.3, 0.4) is 0 Å². The fourth-order valence-electron chi connectivity index (χ4n) is 8.88. The van der Waals surface area contributed by atoms with Crippen LogP contribution in [0.25, 0.3) is 78.3 Å². The molecule has 314 valence electrons. The zero-order chi connectivity index (χ0) is 44.5. The van der Waals surface area contributed by atoms with Gasteiger partial charge in [-0.25, -0.2) is 0 Å². The van der Waals surface area contributed by atoms with E-state index < -0.39 is 0 Å². The molecule has 3 aromatic heterocycles. The van der Waals surface area contributed by atoms with E-state index in [4.69, 9.17) is 4.98 Å². The van der Waals surface area contributed by atoms with E-state index in [2.05, 4.69) is 168 Å². The van der Waals surface area contributed by atoms with Gasteiger partial charge in [0.05, 0.1) is 28.7 Å². The summed E-state index contributed by atoms with van der Waals surface area (Å²) >= 11 is 0. The molecule has 0 saturated heterocycles. The van der Waals surface area contributed by atoms with Gasteiger partial charge in [0.15, 0.2) is 0 Å². The van der Waals surface area contributed by atoms with Crippen molar-refractivity contribution in [1.82, 2.24) is 15.0 Å². The summed E-state index contributed by atoms with van der Waals surface area (Å²) in [6, 6.07) is 77.3. The zero-order valence-corrected chi connectivity index (χ0v) is 36.6. The molecule has 3 heterocycles. The number of hydrogen-bond acceptors (Lipinski definition) is 4. The van der Waals surface area contributed by atoms with Crippen LogP contribution in [0, 0.1) is 11.3 Å². The molecule has 0 aliphatic rings. The van der Waals surface area contributed by atoms with Crippen molar-refractivity contribution in [2.24, 2.45) is 0 Å². The number of hydrogen-bond donors (Lipinski definition) is 0. The van der Waals surface area contributed by atoms with Crippen molar-refractivity contribution < 1.29 is 0 Å². The molecule has 0 aliphatic heterocycles. The molecule has 10 rings (SSSR count). The molecule has 0 amide bonds. The molecule has 7 aromatic carbocycles. The Hall–Kier alpha value is -8.52. The number of nitrogens with zero attached hydrogens (tertiary/aromatic N) is 4. The Morgan fingerprint density at radius 3 is 1.21 bits per heavy atom. The van der Waals surface area contributed by atoms with Gasteiger partial charge in [0.1, 0.15) is 0 Å². The normalized spacial score (nSPS) is 11.0. The summed E-state index contributed by atoms with van der Waals surface area (Å²) in [5.41, 5.74) is 20.9. The number of pyridine rings is 3. The van der Waals surface area contributed by atoms with E-state index in [-0.39, 0.29) is 0 Å². The number of benzene rings is 7. The van der Waals surface area contributed by atoms with Gasteiger partial charge < -0.3 is 0 Å². The molecule has 0 unspecified atom stereocenters. The Kier molecular flexibility index (Phi) is 12.2. The molecule has 10 aromatic rings. The van der Waals surface area contributed by atoms with Crippen molar-refractivity contribution in [3.05, 3.63) is 259 Å². The largest absolute Gasteiger partial charge is 0.256 e. The molecule has 0 N–H and O–H groups in total. The van der Waals surface area contributed by atoms with E-state index in [0.29, 0.717) is 5.56 Å². The summed E-state index contributed by atoms with van der Waals surface area (Å²) in [5.74, 6) is 0. The van der Waals surface area contributed by atoms with Gasteiger partial charge in [0.2, 0.25) is 0 Å². The Labute approximate surface area is 387 Å². The number of nitriles is 1. The number of rotatable bonds is 13. The van der Waals surface area contributed by atoms with Crippen LogP contribution in [-0.4, -0.2) is 15.0 Å². The molecular weight excluding hydrogens is 801 g/mol.